The maximum absolute atomic E-state index is 9.60. The van der Waals surface area contributed by atoms with Gasteiger partial charge in [-0.15, -0.1) is 0 Å². The van der Waals surface area contributed by atoms with Crippen molar-refractivity contribution in [1.29, 1.82) is 0 Å². The first-order valence-electron chi connectivity index (χ1n) is 6.80. The van der Waals surface area contributed by atoms with Crippen molar-refractivity contribution in [2.75, 3.05) is 6.61 Å². The van der Waals surface area contributed by atoms with Crippen molar-refractivity contribution in [2.45, 2.75) is 44.1 Å². The Morgan fingerprint density at radius 1 is 1.40 bits per heavy atom. The molecule has 0 saturated heterocycles. The van der Waals surface area contributed by atoms with Gasteiger partial charge < -0.3 is 15.8 Å². The molecule has 0 amide bonds. The second-order valence-corrected chi connectivity index (χ2v) is 7.52. The average molecular weight is 293 g/mol. The lowest BCUT2D eigenvalue weighted by Gasteiger charge is -2.32. The molecule has 4 N–H and O–H groups in total. The van der Waals surface area contributed by atoms with Crippen molar-refractivity contribution < 1.29 is 5.11 Å². The van der Waals surface area contributed by atoms with Crippen LogP contribution in [0.5, 0.6) is 0 Å². The van der Waals surface area contributed by atoms with Crippen LogP contribution in [0.25, 0.3) is 11.0 Å². The highest BCUT2D eigenvalue weighted by molar-refractivity contribution is 7.99. The molecule has 4 nitrogen and oxygen atoms in total. The molecule has 0 spiro atoms. The summed E-state index contributed by atoms with van der Waals surface area (Å²) in [5.41, 5.74) is 9.36. The van der Waals surface area contributed by atoms with E-state index in [4.69, 9.17) is 5.73 Å². The number of imidazole rings is 1. The molecule has 0 aliphatic heterocycles. The number of aryl methyl sites for hydroxylation is 1. The topological polar surface area (TPSA) is 74.9 Å². The van der Waals surface area contributed by atoms with E-state index >= 15 is 0 Å². The third-order valence-corrected chi connectivity index (χ3v) is 4.62. The zero-order valence-electron chi connectivity index (χ0n) is 12.5. The molecule has 2 rings (SSSR count). The molecule has 20 heavy (non-hydrogen) atoms. The molecule has 2 unspecified atom stereocenters. The minimum absolute atomic E-state index is 0.0408. The fourth-order valence-corrected chi connectivity index (χ4v) is 3.32. The zero-order chi connectivity index (χ0) is 14.9. The molecule has 0 saturated carbocycles. The molecule has 0 radical (unpaired) electrons. The van der Waals surface area contributed by atoms with Gasteiger partial charge in [0.2, 0.25) is 0 Å². The summed E-state index contributed by atoms with van der Waals surface area (Å²) in [6, 6.07) is 6.02. The van der Waals surface area contributed by atoms with Crippen LogP contribution >= 0.6 is 11.8 Å². The first-order chi connectivity index (χ1) is 9.31. The highest BCUT2D eigenvalue weighted by Crippen LogP contribution is 2.31. The summed E-state index contributed by atoms with van der Waals surface area (Å²) in [7, 11) is 0. The Morgan fingerprint density at radius 2 is 2.10 bits per heavy atom. The van der Waals surface area contributed by atoms with Crippen LogP contribution in [0.15, 0.2) is 23.4 Å². The molecule has 0 fully saturated rings. The lowest BCUT2D eigenvalue weighted by atomic mass is 9.85. The van der Waals surface area contributed by atoms with Gasteiger partial charge in [-0.1, -0.05) is 38.6 Å². The number of rotatable bonds is 4. The Hall–Kier alpha value is -1.04. The molecule has 5 heteroatoms. The van der Waals surface area contributed by atoms with Crippen LogP contribution in [0.3, 0.4) is 0 Å². The standard InChI is InChI=1S/C15H23N3OS/c1-9-5-6-10-11(7-9)18-14(17-10)20-12(8-19)13(16)15(2,3)4/h5-7,12-13,19H,8,16H2,1-4H3,(H,17,18). The Bertz CT molecular complexity index is 588. The molecule has 110 valence electrons. The van der Waals surface area contributed by atoms with E-state index in [1.54, 1.807) is 0 Å². The quantitative estimate of drug-likeness (QED) is 0.758. The number of hydrogen-bond donors (Lipinski definition) is 3. The van der Waals surface area contributed by atoms with Crippen molar-refractivity contribution in [3.05, 3.63) is 23.8 Å². The fraction of sp³-hybridized carbons (Fsp3) is 0.533. The Kier molecular flexibility index (Phi) is 4.42. The summed E-state index contributed by atoms with van der Waals surface area (Å²) in [5.74, 6) is 0. The molecular formula is C15H23N3OS. The minimum atomic E-state index is -0.104. The smallest absolute Gasteiger partial charge is 0.166 e. The number of hydrogen-bond acceptors (Lipinski definition) is 4. The van der Waals surface area contributed by atoms with Gasteiger partial charge in [-0.2, -0.15) is 0 Å². The second kappa shape index (κ2) is 5.76. The van der Waals surface area contributed by atoms with E-state index in [2.05, 4.69) is 43.7 Å². The zero-order valence-corrected chi connectivity index (χ0v) is 13.3. The SMILES string of the molecule is Cc1ccc2nc(SC(CO)C(N)C(C)(C)C)[nH]c2c1. The van der Waals surface area contributed by atoms with E-state index in [1.807, 2.05) is 12.1 Å². The van der Waals surface area contributed by atoms with Gasteiger partial charge in [0.05, 0.1) is 22.9 Å². The molecule has 0 aliphatic carbocycles. The average Bonchev–Trinajstić information content (AvgIpc) is 2.75. The van der Waals surface area contributed by atoms with Gasteiger partial charge in [-0.3, -0.25) is 0 Å². The highest BCUT2D eigenvalue weighted by Gasteiger charge is 2.30. The summed E-state index contributed by atoms with van der Waals surface area (Å²) in [4.78, 5) is 7.84. The van der Waals surface area contributed by atoms with Crippen LogP contribution in [0.1, 0.15) is 26.3 Å². The van der Waals surface area contributed by atoms with Gasteiger partial charge >= 0.3 is 0 Å². The molecule has 0 bridgehead atoms. The number of nitrogens with one attached hydrogen (secondary N) is 1. The largest absolute Gasteiger partial charge is 0.395 e. The van der Waals surface area contributed by atoms with Gasteiger partial charge in [0.25, 0.3) is 0 Å². The number of aliphatic hydroxyl groups excluding tert-OH is 1. The third kappa shape index (κ3) is 3.34. The summed E-state index contributed by atoms with van der Waals surface area (Å²) >= 11 is 1.51. The number of fused-ring (bicyclic) bond motifs is 1. The molecule has 1 heterocycles. The summed E-state index contributed by atoms with van der Waals surface area (Å²) in [6.45, 7) is 8.35. The van der Waals surface area contributed by atoms with E-state index in [9.17, 15) is 5.11 Å². The van der Waals surface area contributed by atoms with Crippen LogP contribution in [0.2, 0.25) is 0 Å². The summed E-state index contributed by atoms with van der Waals surface area (Å²) in [6.07, 6.45) is 0. The maximum atomic E-state index is 9.60. The van der Waals surface area contributed by atoms with Crippen molar-refractivity contribution >= 4 is 22.8 Å². The molecule has 2 atom stereocenters. The van der Waals surface area contributed by atoms with Crippen LogP contribution in [0.4, 0.5) is 0 Å². The number of aromatic nitrogens is 2. The lowest BCUT2D eigenvalue weighted by Crippen LogP contribution is -2.45. The van der Waals surface area contributed by atoms with Gasteiger partial charge in [-0.05, 0) is 30.0 Å². The van der Waals surface area contributed by atoms with Crippen LogP contribution < -0.4 is 5.73 Å². The van der Waals surface area contributed by atoms with E-state index in [-0.39, 0.29) is 23.3 Å². The molecule has 1 aromatic carbocycles. The maximum Gasteiger partial charge on any atom is 0.166 e. The first-order valence-corrected chi connectivity index (χ1v) is 7.68. The number of thioether (sulfide) groups is 1. The number of nitrogens with two attached hydrogens (primary N) is 1. The first kappa shape index (κ1) is 15.4. The van der Waals surface area contributed by atoms with E-state index in [1.165, 1.54) is 17.3 Å². The minimum Gasteiger partial charge on any atom is -0.395 e. The Morgan fingerprint density at radius 3 is 2.70 bits per heavy atom. The highest BCUT2D eigenvalue weighted by atomic mass is 32.2. The molecule has 1 aromatic heterocycles. The Labute approximate surface area is 124 Å². The molecule has 0 aliphatic rings. The normalized spacial score (nSPS) is 15.5. The molecule has 2 aromatic rings. The van der Waals surface area contributed by atoms with Gasteiger partial charge in [0.15, 0.2) is 5.16 Å². The van der Waals surface area contributed by atoms with Crippen molar-refractivity contribution in [3.63, 3.8) is 0 Å². The van der Waals surface area contributed by atoms with Gasteiger partial charge in [0, 0.05) is 6.04 Å². The second-order valence-electron chi connectivity index (χ2n) is 6.29. The Balaban J connectivity index is 2.21. The lowest BCUT2D eigenvalue weighted by molar-refractivity contribution is 0.233. The number of H-pyrrole nitrogens is 1. The van der Waals surface area contributed by atoms with Crippen LogP contribution in [0, 0.1) is 12.3 Å². The number of aliphatic hydroxyl groups is 1. The van der Waals surface area contributed by atoms with E-state index < -0.39 is 0 Å². The number of nitrogens with zero attached hydrogens (tertiary/aromatic N) is 1. The monoisotopic (exact) mass is 293 g/mol. The van der Waals surface area contributed by atoms with Crippen molar-refractivity contribution in [2.24, 2.45) is 11.1 Å². The predicted octanol–water partition coefficient (Wildman–Crippen LogP) is 2.70. The van der Waals surface area contributed by atoms with Gasteiger partial charge in [0.1, 0.15) is 0 Å². The number of aromatic amines is 1. The predicted molar refractivity (Wildman–Crippen MR) is 85.0 cm³/mol. The van der Waals surface area contributed by atoms with Gasteiger partial charge in [-0.25, -0.2) is 4.98 Å². The van der Waals surface area contributed by atoms with Crippen LogP contribution in [-0.4, -0.2) is 33.0 Å². The van der Waals surface area contributed by atoms with Crippen molar-refractivity contribution in [3.8, 4) is 0 Å². The third-order valence-electron chi connectivity index (χ3n) is 3.46. The van der Waals surface area contributed by atoms with Crippen molar-refractivity contribution in [1.82, 2.24) is 9.97 Å². The fourth-order valence-electron chi connectivity index (χ4n) is 2.08. The summed E-state index contributed by atoms with van der Waals surface area (Å²) in [5, 5.41) is 10.3. The number of benzene rings is 1. The van der Waals surface area contributed by atoms with E-state index in [0.29, 0.717) is 0 Å². The molecular weight excluding hydrogens is 270 g/mol. The van der Waals surface area contributed by atoms with Crippen LogP contribution in [-0.2, 0) is 0 Å². The van der Waals surface area contributed by atoms with E-state index in [0.717, 1.165) is 16.2 Å². The summed E-state index contributed by atoms with van der Waals surface area (Å²) < 4.78 is 0.